The summed E-state index contributed by atoms with van der Waals surface area (Å²) in [7, 11) is -1.44. The predicted octanol–water partition coefficient (Wildman–Crippen LogP) is 0.664. The quantitative estimate of drug-likeness (QED) is 0.737. The molecule has 0 bridgehead atoms. The van der Waals surface area contributed by atoms with Crippen molar-refractivity contribution in [2.45, 2.75) is 39.1 Å². The van der Waals surface area contributed by atoms with Crippen LogP contribution in [0.25, 0.3) is 0 Å². The van der Waals surface area contributed by atoms with Crippen molar-refractivity contribution >= 4 is 7.12 Å². The molecule has 0 aromatic carbocycles. The Bertz CT molecular complexity index is 412. The maximum absolute atomic E-state index is 11.7. The zero-order chi connectivity index (χ0) is 12.3. The fraction of sp³-hybridized carbons (Fsp3) is 0.545. The number of aryl methyl sites for hydroxylation is 1. The van der Waals surface area contributed by atoms with Gasteiger partial charge < -0.3 is 14.6 Å². The smallest absolute Gasteiger partial charge is 0.427 e. The molecule has 0 aliphatic carbocycles. The highest BCUT2D eigenvalue weighted by atomic mass is 16.4. The molecule has 0 saturated heterocycles. The highest BCUT2D eigenvalue weighted by Gasteiger charge is 2.32. The third-order valence-electron chi connectivity index (χ3n) is 2.75. The number of aromatic nitrogens is 1. The van der Waals surface area contributed by atoms with Gasteiger partial charge in [-0.2, -0.15) is 0 Å². The van der Waals surface area contributed by atoms with Crippen molar-refractivity contribution < 1.29 is 10.0 Å². The molecule has 1 heterocycles. The summed E-state index contributed by atoms with van der Waals surface area (Å²) in [5.41, 5.74) is 0.886. The van der Waals surface area contributed by atoms with E-state index in [1.807, 2.05) is 13.0 Å². The van der Waals surface area contributed by atoms with E-state index in [9.17, 15) is 14.8 Å². The standard InChI is InChI=1S/C11H18BNO3/c1-4-9-5-6-13(10(14)7-9)8-11(2,3)12(15)16/h5-7,15-16H,4,8H2,1-3H3. The van der Waals surface area contributed by atoms with Gasteiger partial charge in [-0.25, -0.2) is 0 Å². The van der Waals surface area contributed by atoms with Gasteiger partial charge in [0.2, 0.25) is 0 Å². The number of hydrogen-bond donors (Lipinski definition) is 2. The predicted molar refractivity (Wildman–Crippen MR) is 64.3 cm³/mol. The van der Waals surface area contributed by atoms with Crippen LogP contribution in [0.1, 0.15) is 26.3 Å². The zero-order valence-electron chi connectivity index (χ0n) is 9.97. The summed E-state index contributed by atoms with van der Waals surface area (Å²) in [6.45, 7) is 5.68. The molecule has 1 aromatic rings. The summed E-state index contributed by atoms with van der Waals surface area (Å²) in [5, 5.41) is 17.6. The van der Waals surface area contributed by atoms with E-state index in [2.05, 4.69) is 0 Å². The number of pyridine rings is 1. The first-order valence-electron chi connectivity index (χ1n) is 5.42. The first-order valence-corrected chi connectivity index (χ1v) is 5.42. The van der Waals surface area contributed by atoms with Crippen molar-refractivity contribution in [3.8, 4) is 0 Å². The molecule has 0 unspecified atom stereocenters. The van der Waals surface area contributed by atoms with E-state index in [0.29, 0.717) is 0 Å². The minimum atomic E-state index is -1.44. The van der Waals surface area contributed by atoms with Crippen LogP contribution in [-0.4, -0.2) is 21.7 Å². The molecule has 0 saturated carbocycles. The Morgan fingerprint density at radius 3 is 2.50 bits per heavy atom. The monoisotopic (exact) mass is 223 g/mol. The molecular formula is C11H18BNO3. The molecule has 16 heavy (non-hydrogen) atoms. The third kappa shape index (κ3) is 2.96. The Balaban J connectivity index is 2.95. The van der Waals surface area contributed by atoms with E-state index in [1.165, 1.54) is 4.57 Å². The fourth-order valence-corrected chi connectivity index (χ4v) is 1.42. The molecule has 0 radical (unpaired) electrons. The number of rotatable bonds is 4. The van der Waals surface area contributed by atoms with Crippen LogP contribution >= 0.6 is 0 Å². The van der Waals surface area contributed by atoms with Crippen LogP contribution < -0.4 is 5.56 Å². The van der Waals surface area contributed by atoms with Crippen LogP contribution in [0, 0.1) is 0 Å². The Morgan fingerprint density at radius 1 is 1.44 bits per heavy atom. The van der Waals surface area contributed by atoms with E-state index in [4.69, 9.17) is 0 Å². The second-order valence-corrected chi connectivity index (χ2v) is 4.72. The summed E-state index contributed by atoms with van der Waals surface area (Å²) < 4.78 is 1.50. The van der Waals surface area contributed by atoms with Crippen LogP contribution in [-0.2, 0) is 13.0 Å². The molecule has 0 aliphatic heterocycles. The van der Waals surface area contributed by atoms with Crippen LogP contribution in [0.5, 0.6) is 0 Å². The molecule has 0 fully saturated rings. The van der Waals surface area contributed by atoms with Crippen LogP contribution in [0.4, 0.5) is 0 Å². The fourth-order valence-electron chi connectivity index (χ4n) is 1.42. The molecule has 1 rings (SSSR count). The maximum Gasteiger partial charge on any atom is 0.459 e. The summed E-state index contributed by atoms with van der Waals surface area (Å²) >= 11 is 0. The average Bonchev–Trinajstić information content (AvgIpc) is 2.20. The normalized spacial score (nSPS) is 11.6. The summed E-state index contributed by atoms with van der Waals surface area (Å²) in [6.07, 6.45) is 2.52. The minimum absolute atomic E-state index is 0.104. The van der Waals surface area contributed by atoms with Gasteiger partial charge in [-0.1, -0.05) is 20.8 Å². The highest BCUT2D eigenvalue weighted by Crippen LogP contribution is 2.27. The Hall–Kier alpha value is -1.07. The molecule has 0 spiro atoms. The van der Waals surface area contributed by atoms with Gasteiger partial charge in [0.15, 0.2) is 0 Å². The lowest BCUT2D eigenvalue weighted by Gasteiger charge is -2.24. The molecule has 4 nitrogen and oxygen atoms in total. The number of nitrogens with zero attached hydrogens (tertiary/aromatic N) is 1. The van der Waals surface area contributed by atoms with Gasteiger partial charge in [0.25, 0.3) is 5.56 Å². The third-order valence-corrected chi connectivity index (χ3v) is 2.75. The maximum atomic E-state index is 11.7. The van der Waals surface area contributed by atoms with Gasteiger partial charge in [-0.15, -0.1) is 0 Å². The molecule has 88 valence electrons. The molecule has 0 aliphatic rings. The van der Waals surface area contributed by atoms with Crippen molar-refractivity contribution in [2.24, 2.45) is 0 Å². The lowest BCUT2D eigenvalue weighted by Crippen LogP contribution is -2.35. The van der Waals surface area contributed by atoms with Crippen LogP contribution in [0.2, 0.25) is 5.31 Å². The van der Waals surface area contributed by atoms with Crippen molar-refractivity contribution in [3.63, 3.8) is 0 Å². The SMILES string of the molecule is CCc1ccn(CC(C)(C)B(O)O)c(=O)c1. The van der Waals surface area contributed by atoms with Gasteiger partial charge in [0.05, 0.1) is 0 Å². The van der Waals surface area contributed by atoms with E-state index >= 15 is 0 Å². The molecule has 1 aromatic heterocycles. The second kappa shape index (κ2) is 4.85. The van der Waals surface area contributed by atoms with E-state index < -0.39 is 12.4 Å². The first-order chi connectivity index (χ1) is 7.36. The summed E-state index contributed by atoms with van der Waals surface area (Å²) in [6, 6.07) is 3.46. The van der Waals surface area contributed by atoms with Crippen molar-refractivity contribution in [3.05, 3.63) is 34.2 Å². The average molecular weight is 223 g/mol. The lowest BCUT2D eigenvalue weighted by molar-refractivity contribution is 0.332. The van der Waals surface area contributed by atoms with Crippen molar-refractivity contribution in [2.75, 3.05) is 0 Å². The Morgan fingerprint density at radius 2 is 2.06 bits per heavy atom. The number of hydrogen-bond acceptors (Lipinski definition) is 3. The van der Waals surface area contributed by atoms with Crippen LogP contribution in [0.15, 0.2) is 23.1 Å². The van der Waals surface area contributed by atoms with Crippen molar-refractivity contribution in [1.82, 2.24) is 4.57 Å². The zero-order valence-corrected chi connectivity index (χ0v) is 9.97. The van der Waals surface area contributed by atoms with Gasteiger partial charge in [-0.3, -0.25) is 4.79 Å². The molecule has 5 heteroatoms. The Kier molecular flexibility index (Phi) is 3.94. The minimum Gasteiger partial charge on any atom is -0.427 e. The summed E-state index contributed by atoms with van der Waals surface area (Å²) in [5.74, 6) is 0. The first kappa shape index (κ1) is 13.0. The highest BCUT2D eigenvalue weighted by molar-refractivity contribution is 6.45. The van der Waals surface area contributed by atoms with Crippen LogP contribution in [0.3, 0.4) is 0 Å². The largest absolute Gasteiger partial charge is 0.459 e. The second-order valence-electron chi connectivity index (χ2n) is 4.72. The molecule has 0 atom stereocenters. The van der Waals surface area contributed by atoms with Gasteiger partial charge in [0.1, 0.15) is 0 Å². The van der Waals surface area contributed by atoms with E-state index in [0.717, 1.165) is 12.0 Å². The molecular weight excluding hydrogens is 205 g/mol. The topological polar surface area (TPSA) is 62.5 Å². The molecule has 2 N–H and O–H groups in total. The molecule has 0 amide bonds. The van der Waals surface area contributed by atoms with E-state index in [1.54, 1.807) is 26.1 Å². The van der Waals surface area contributed by atoms with E-state index in [-0.39, 0.29) is 12.1 Å². The van der Waals surface area contributed by atoms with Crippen molar-refractivity contribution in [1.29, 1.82) is 0 Å². The van der Waals surface area contributed by atoms with Gasteiger partial charge >= 0.3 is 7.12 Å². The van der Waals surface area contributed by atoms with Gasteiger partial charge in [-0.05, 0) is 18.1 Å². The van der Waals surface area contributed by atoms with Gasteiger partial charge in [0, 0.05) is 24.1 Å². The summed E-state index contributed by atoms with van der Waals surface area (Å²) in [4.78, 5) is 11.7. The Labute approximate surface area is 95.7 Å². The lowest BCUT2D eigenvalue weighted by atomic mass is 9.60.